The molecule has 0 fully saturated rings. The average Bonchev–Trinajstić information content (AvgIpc) is 3.19. The number of carbonyl (C=O) groups is 2. The van der Waals surface area contributed by atoms with E-state index in [9.17, 15) is 18.0 Å². The number of aromatic nitrogens is 2. The number of ether oxygens (including phenoxy) is 2. The first-order chi connectivity index (χ1) is 15.6. The van der Waals surface area contributed by atoms with Crippen molar-refractivity contribution in [3.63, 3.8) is 0 Å². The van der Waals surface area contributed by atoms with E-state index < -0.39 is 15.6 Å². The highest BCUT2D eigenvalue weighted by molar-refractivity contribution is 7.90. The molecule has 0 amide bonds. The maximum atomic E-state index is 13.5. The highest BCUT2D eigenvalue weighted by atomic mass is 32.2. The van der Waals surface area contributed by atoms with E-state index in [0.29, 0.717) is 23.2 Å². The summed E-state index contributed by atoms with van der Waals surface area (Å²) < 4.78 is 37.2. The van der Waals surface area contributed by atoms with Gasteiger partial charge in [-0.2, -0.15) is 5.10 Å². The van der Waals surface area contributed by atoms with Gasteiger partial charge in [0.15, 0.2) is 22.2 Å². The number of benzene rings is 2. The van der Waals surface area contributed by atoms with Crippen LogP contribution >= 0.6 is 0 Å². The van der Waals surface area contributed by atoms with E-state index >= 15 is 0 Å². The van der Waals surface area contributed by atoms with Crippen LogP contribution in [0.25, 0.3) is 0 Å². The summed E-state index contributed by atoms with van der Waals surface area (Å²) in [5.74, 6) is -0.350. The Hall–Kier alpha value is -3.46. The zero-order chi connectivity index (χ0) is 24.3. The van der Waals surface area contributed by atoms with Gasteiger partial charge >= 0.3 is 0 Å². The van der Waals surface area contributed by atoms with Crippen LogP contribution in [-0.2, 0) is 16.4 Å². The lowest BCUT2D eigenvalue weighted by atomic mass is 9.99. The molecule has 0 saturated heterocycles. The molecule has 0 radical (unpaired) electrons. The molecule has 9 heteroatoms. The second-order valence-electron chi connectivity index (χ2n) is 7.59. The standard InChI is InChI=1S/C24H26N2O6S/c1-6-26-24(32-14-20(27)17-10-8-7-9-11-17)19(13-25-26)21(28)18-12-15(2)23(33(5,29)30)16(3)22(18)31-4/h7-13H,6,14H2,1-5H3. The van der Waals surface area contributed by atoms with Crippen LogP contribution in [0.3, 0.4) is 0 Å². The monoisotopic (exact) mass is 470 g/mol. The first-order valence-electron chi connectivity index (χ1n) is 10.3. The molecule has 3 rings (SSSR count). The third-order valence-electron chi connectivity index (χ3n) is 5.24. The van der Waals surface area contributed by atoms with Gasteiger partial charge < -0.3 is 9.47 Å². The Morgan fingerprint density at radius 3 is 2.33 bits per heavy atom. The molecule has 0 saturated carbocycles. The largest absolute Gasteiger partial charge is 0.496 e. The Labute approximate surface area is 193 Å². The van der Waals surface area contributed by atoms with Crippen molar-refractivity contribution < 1.29 is 27.5 Å². The maximum Gasteiger partial charge on any atom is 0.223 e. The van der Waals surface area contributed by atoms with Gasteiger partial charge in [-0.1, -0.05) is 30.3 Å². The van der Waals surface area contributed by atoms with Gasteiger partial charge in [0.25, 0.3) is 0 Å². The van der Waals surface area contributed by atoms with Crippen molar-refractivity contribution in [1.29, 1.82) is 0 Å². The van der Waals surface area contributed by atoms with Gasteiger partial charge in [0.05, 0.1) is 23.8 Å². The number of hydrogen-bond acceptors (Lipinski definition) is 7. The lowest BCUT2D eigenvalue weighted by molar-refractivity contribution is 0.0907. The Bertz CT molecular complexity index is 1310. The van der Waals surface area contributed by atoms with Gasteiger partial charge in [-0.3, -0.25) is 9.59 Å². The van der Waals surface area contributed by atoms with Crippen LogP contribution in [-0.4, -0.2) is 49.7 Å². The summed E-state index contributed by atoms with van der Waals surface area (Å²) in [6.07, 6.45) is 2.49. The van der Waals surface area contributed by atoms with E-state index in [2.05, 4.69) is 5.10 Å². The quantitative estimate of drug-likeness (QED) is 0.441. The SMILES string of the molecule is CCn1ncc(C(=O)c2cc(C)c(S(C)(=O)=O)c(C)c2OC)c1OCC(=O)c1ccccc1. The zero-order valence-corrected chi connectivity index (χ0v) is 20.0. The first kappa shape index (κ1) is 24.2. The van der Waals surface area contributed by atoms with Crippen LogP contribution in [0.4, 0.5) is 0 Å². The molecule has 1 heterocycles. The number of methoxy groups -OCH3 is 1. The fraction of sp³-hybridized carbons (Fsp3) is 0.292. The number of Topliss-reactive ketones (excluding diaryl/α,β-unsaturated/α-hetero) is 1. The number of carbonyl (C=O) groups excluding carboxylic acids is 2. The van der Waals surface area contributed by atoms with Gasteiger partial charge in [0, 0.05) is 23.9 Å². The smallest absolute Gasteiger partial charge is 0.223 e. The summed E-state index contributed by atoms with van der Waals surface area (Å²) in [4.78, 5) is 26.1. The third-order valence-corrected chi connectivity index (χ3v) is 6.61. The Morgan fingerprint density at radius 1 is 1.09 bits per heavy atom. The Morgan fingerprint density at radius 2 is 1.76 bits per heavy atom. The predicted molar refractivity (Wildman–Crippen MR) is 123 cm³/mol. The molecule has 0 aliphatic heterocycles. The van der Waals surface area contributed by atoms with Crippen LogP contribution in [0, 0.1) is 13.8 Å². The van der Waals surface area contributed by atoms with E-state index in [1.54, 1.807) is 38.1 Å². The zero-order valence-electron chi connectivity index (χ0n) is 19.2. The Balaban J connectivity index is 2.02. The topological polar surface area (TPSA) is 105 Å². The van der Waals surface area contributed by atoms with E-state index in [1.807, 2.05) is 13.0 Å². The molecule has 174 valence electrons. The van der Waals surface area contributed by atoms with Crippen molar-refractivity contribution >= 4 is 21.4 Å². The lowest BCUT2D eigenvalue weighted by Crippen LogP contribution is -2.16. The van der Waals surface area contributed by atoms with Crippen LogP contribution in [0.2, 0.25) is 0 Å². The summed E-state index contributed by atoms with van der Waals surface area (Å²) in [6, 6.07) is 10.2. The minimum Gasteiger partial charge on any atom is -0.496 e. The molecular weight excluding hydrogens is 444 g/mol. The van der Waals surface area contributed by atoms with Crippen molar-refractivity contribution in [2.45, 2.75) is 32.2 Å². The van der Waals surface area contributed by atoms with Crippen LogP contribution in [0.5, 0.6) is 11.6 Å². The highest BCUT2D eigenvalue weighted by Gasteiger charge is 2.28. The number of rotatable bonds is 9. The Kier molecular flexibility index (Phi) is 7.02. The van der Waals surface area contributed by atoms with E-state index in [1.165, 1.54) is 24.1 Å². The number of hydrogen-bond donors (Lipinski definition) is 0. The molecule has 0 bridgehead atoms. The molecule has 0 aliphatic carbocycles. The average molecular weight is 471 g/mol. The van der Waals surface area contributed by atoms with Crippen molar-refractivity contribution in [1.82, 2.24) is 9.78 Å². The number of ketones is 2. The highest BCUT2D eigenvalue weighted by Crippen LogP contribution is 2.35. The second-order valence-corrected chi connectivity index (χ2v) is 9.54. The van der Waals surface area contributed by atoms with E-state index in [-0.39, 0.29) is 40.0 Å². The summed E-state index contributed by atoms with van der Waals surface area (Å²) in [6.45, 7) is 5.22. The van der Waals surface area contributed by atoms with Gasteiger partial charge in [0.1, 0.15) is 11.3 Å². The molecular formula is C24H26N2O6S. The normalized spacial score (nSPS) is 11.3. The fourth-order valence-corrected chi connectivity index (χ4v) is 5.14. The van der Waals surface area contributed by atoms with Crippen molar-refractivity contribution in [3.8, 4) is 11.6 Å². The minimum absolute atomic E-state index is 0.130. The number of nitrogens with zero attached hydrogens (tertiary/aromatic N) is 2. The van der Waals surface area contributed by atoms with Crippen molar-refractivity contribution in [2.75, 3.05) is 20.0 Å². The van der Waals surface area contributed by atoms with Crippen LogP contribution in [0.1, 0.15) is 44.3 Å². The molecule has 3 aromatic rings. The van der Waals surface area contributed by atoms with Gasteiger partial charge in [-0.25, -0.2) is 13.1 Å². The summed E-state index contributed by atoms with van der Waals surface area (Å²) in [5.41, 5.74) is 1.63. The molecule has 0 unspecified atom stereocenters. The fourth-order valence-electron chi connectivity index (χ4n) is 3.84. The molecule has 0 spiro atoms. The van der Waals surface area contributed by atoms with Gasteiger partial charge in [-0.15, -0.1) is 0 Å². The first-order valence-corrected chi connectivity index (χ1v) is 12.2. The minimum atomic E-state index is -3.53. The number of aryl methyl sites for hydroxylation is 2. The summed E-state index contributed by atoms with van der Waals surface area (Å²) >= 11 is 0. The molecule has 2 aromatic carbocycles. The second kappa shape index (κ2) is 9.58. The van der Waals surface area contributed by atoms with E-state index in [0.717, 1.165) is 6.26 Å². The van der Waals surface area contributed by atoms with Crippen LogP contribution in [0.15, 0.2) is 47.5 Å². The molecule has 33 heavy (non-hydrogen) atoms. The number of sulfone groups is 1. The van der Waals surface area contributed by atoms with Gasteiger partial charge in [-0.05, 0) is 32.4 Å². The molecule has 0 aliphatic rings. The van der Waals surface area contributed by atoms with Gasteiger partial charge in [0.2, 0.25) is 11.7 Å². The lowest BCUT2D eigenvalue weighted by Gasteiger charge is -2.16. The maximum absolute atomic E-state index is 13.5. The van der Waals surface area contributed by atoms with E-state index in [4.69, 9.17) is 9.47 Å². The van der Waals surface area contributed by atoms with Crippen molar-refractivity contribution in [2.24, 2.45) is 0 Å². The molecule has 8 nitrogen and oxygen atoms in total. The molecule has 0 N–H and O–H groups in total. The predicted octanol–water partition coefficient (Wildman–Crippen LogP) is 3.42. The summed E-state index contributed by atoms with van der Waals surface area (Å²) in [7, 11) is -2.15. The third kappa shape index (κ3) is 4.83. The molecule has 1 aromatic heterocycles. The van der Waals surface area contributed by atoms with Crippen molar-refractivity contribution in [3.05, 3.63) is 70.4 Å². The molecule has 0 atom stereocenters. The summed E-state index contributed by atoms with van der Waals surface area (Å²) in [5, 5.41) is 4.21. The van der Waals surface area contributed by atoms with Crippen LogP contribution < -0.4 is 9.47 Å².